The third-order valence-corrected chi connectivity index (χ3v) is 4.66. The van der Waals surface area contributed by atoms with Crippen molar-refractivity contribution < 1.29 is 4.79 Å². The van der Waals surface area contributed by atoms with E-state index in [1.165, 1.54) is 0 Å². The highest BCUT2D eigenvalue weighted by Gasteiger charge is 2.42. The first kappa shape index (κ1) is 12.9. The van der Waals surface area contributed by atoms with Gasteiger partial charge in [-0.15, -0.1) is 0 Å². The van der Waals surface area contributed by atoms with E-state index in [1.807, 2.05) is 0 Å². The van der Waals surface area contributed by atoms with E-state index >= 15 is 0 Å². The van der Waals surface area contributed by atoms with E-state index in [2.05, 4.69) is 31.0 Å². The Bertz CT molecular complexity index is 283. The molecule has 0 radical (unpaired) electrons. The molecule has 0 bridgehead atoms. The molecule has 0 aromatic rings. The summed E-state index contributed by atoms with van der Waals surface area (Å²) in [5.74, 6) is 0.355. The Hall–Kier alpha value is -0.570. The zero-order valence-electron chi connectivity index (χ0n) is 11.5. The van der Waals surface area contributed by atoms with Gasteiger partial charge < -0.3 is 10.2 Å². The Morgan fingerprint density at radius 3 is 2.35 bits per heavy atom. The minimum atomic E-state index is -0.235. The van der Waals surface area contributed by atoms with E-state index in [1.54, 1.807) is 0 Å². The van der Waals surface area contributed by atoms with E-state index in [0.29, 0.717) is 11.3 Å². The lowest BCUT2D eigenvalue weighted by Crippen LogP contribution is -2.56. The van der Waals surface area contributed by atoms with Crippen LogP contribution in [0.25, 0.3) is 0 Å². The van der Waals surface area contributed by atoms with E-state index in [9.17, 15) is 4.79 Å². The maximum atomic E-state index is 12.6. The van der Waals surface area contributed by atoms with Gasteiger partial charge >= 0.3 is 0 Å². The second-order valence-corrected chi connectivity index (χ2v) is 6.42. The van der Waals surface area contributed by atoms with Gasteiger partial charge in [0.05, 0.1) is 5.54 Å². The maximum Gasteiger partial charge on any atom is 0.242 e. The fraction of sp³-hybridized carbons (Fsp3) is 0.929. The number of rotatable bonds is 2. The molecule has 0 saturated carbocycles. The molecule has 2 aliphatic heterocycles. The molecule has 0 aromatic carbocycles. The van der Waals surface area contributed by atoms with Crippen molar-refractivity contribution in [3.8, 4) is 0 Å². The van der Waals surface area contributed by atoms with Crippen LogP contribution in [-0.2, 0) is 4.79 Å². The van der Waals surface area contributed by atoms with Crippen LogP contribution in [0.2, 0.25) is 0 Å². The molecular formula is C14H26N2O. The van der Waals surface area contributed by atoms with Crippen LogP contribution in [0.5, 0.6) is 0 Å². The lowest BCUT2D eigenvalue weighted by molar-refractivity contribution is -0.140. The topological polar surface area (TPSA) is 32.3 Å². The van der Waals surface area contributed by atoms with Crippen LogP contribution < -0.4 is 5.32 Å². The summed E-state index contributed by atoms with van der Waals surface area (Å²) in [6.45, 7) is 9.62. The van der Waals surface area contributed by atoms with Gasteiger partial charge in [0.2, 0.25) is 5.91 Å². The Morgan fingerprint density at radius 2 is 1.88 bits per heavy atom. The van der Waals surface area contributed by atoms with Crippen molar-refractivity contribution in [3.05, 3.63) is 0 Å². The molecule has 2 saturated heterocycles. The smallest absolute Gasteiger partial charge is 0.242 e. The fourth-order valence-corrected chi connectivity index (χ4v) is 3.06. The fourth-order valence-electron chi connectivity index (χ4n) is 3.06. The zero-order chi connectivity index (χ0) is 12.5. The summed E-state index contributed by atoms with van der Waals surface area (Å²) in [5.41, 5.74) is 0.181. The maximum absolute atomic E-state index is 12.6. The van der Waals surface area contributed by atoms with Crippen LogP contribution in [0, 0.1) is 5.41 Å². The number of carbonyl (C=O) groups is 1. The van der Waals surface area contributed by atoms with Gasteiger partial charge in [-0.25, -0.2) is 0 Å². The van der Waals surface area contributed by atoms with Crippen LogP contribution >= 0.6 is 0 Å². The molecular weight excluding hydrogens is 212 g/mol. The number of hydrogen-bond donors (Lipinski definition) is 1. The summed E-state index contributed by atoms with van der Waals surface area (Å²) in [6.07, 6.45) is 5.35. The van der Waals surface area contributed by atoms with Crippen LogP contribution in [-0.4, -0.2) is 36.0 Å². The van der Waals surface area contributed by atoms with Crippen molar-refractivity contribution in [2.75, 3.05) is 19.6 Å². The van der Waals surface area contributed by atoms with Gasteiger partial charge in [-0.3, -0.25) is 4.79 Å². The molecule has 2 fully saturated rings. The first-order valence-corrected chi connectivity index (χ1v) is 7.04. The molecule has 1 atom stereocenters. The number of carbonyl (C=O) groups excluding carboxylic acids is 1. The summed E-state index contributed by atoms with van der Waals surface area (Å²) < 4.78 is 0. The molecule has 98 valence electrons. The average molecular weight is 238 g/mol. The monoisotopic (exact) mass is 238 g/mol. The van der Waals surface area contributed by atoms with Gasteiger partial charge in [-0.05, 0) is 44.1 Å². The number of hydrogen-bond acceptors (Lipinski definition) is 2. The van der Waals surface area contributed by atoms with Gasteiger partial charge in [0.1, 0.15) is 0 Å². The van der Waals surface area contributed by atoms with E-state index in [-0.39, 0.29) is 5.54 Å². The Labute approximate surface area is 105 Å². The molecule has 0 aromatic heterocycles. The Kier molecular flexibility index (Phi) is 3.48. The highest BCUT2D eigenvalue weighted by atomic mass is 16.2. The largest absolute Gasteiger partial charge is 0.341 e. The third-order valence-electron chi connectivity index (χ3n) is 4.66. The number of likely N-dealkylation sites (tertiary alicyclic amines) is 1. The van der Waals surface area contributed by atoms with Gasteiger partial charge in [-0.1, -0.05) is 20.8 Å². The summed E-state index contributed by atoms with van der Waals surface area (Å²) in [7, 11) is 0. The van der Waals surface area contributed by atoms with Crippen LogP contribution in [0.15, 0.2) is 0 Å². The van der Waals surface area contributed by atoms with Gasteiger partial charge in [0, 0.05) is 13.1 Å². The highest BCUT2D eigenvalue weighted by Crippen LogP contribution is 2.32. The molecule has 0 aliphatic carbocycles. The number of nitrogens with zero attached hydrogens (tertiary/aromatic N) is 1. The van der Waals surface area contributed by atoms with Crippen LogP contribution in [0.4, 0.5) is 0 Å². The SMILES string of the molecule is CCC1(C(=O)N2CCC(C)(C)CC2)CCCN1. The predicted octanol–water partition coefficient (Wildman–Crippen LogP) is 2.17. The van der Waals surface area contributed by atoms with E-state index in [4.69, 9.17) is 0 Å². The molecule has 1 amide bonds. The van der Waals surface area contributed by atoms with Crippen molar-refractivity contribution in [2.45, 2.75) is 58.4 Å². The van der Waals surface area contributed by atoms with Gasteiger partial charge in [-0.2, -0.15) is 0 Å². The average Bonchev–Trinajstić information content (AvgIpc) is 2.78. The highest BCUT2D eigenvalue weighted by molar-refractivity contribution is 5.86. The second kappa shape index (κ2) is 4.60. The Morgan fingerprint density at radius 1 is 1.24 bits per heavy atom. The van der Waals surface area contributed by atoms with Gasteiger partial charge in [0.25, 0.3) is 0 Å². The van der Waals surface area contributed by atoms with Gasteiger partial charge in [0.15, 0.2) is 0 Å². The van der Waals surface area contributed by atoms with E-state index in [0.717, 1.165) is 51.7 Å². The summed E-state index contributed by atoms with van der Waals surface area (Å²) >= 11 is 0. The van der Waals surface area contributed by atoms with Crippen LogP contribution in [0.3, 0.4) is 0 Å². The normalized spacial score (nSPS) is 32.8. The lowest BCUT2D eigenvalue weighted by Gasteiger charge is -2.41. The van der Waals surface area contributed by atoms with Crippen LogP contribution in [0.1, 0.15) is 52.9 Å². The molecule has 1 N–H and O–H groups in total. The van der Waals surface area contributed by atoms with Crippen molar-refractivity contribution >= 4 is 5.91 Å². The standard InChI is InChI=1S/C14H26N2O/c1-4-14(6-5-9-15-14)12(17)16-10-7-13(2,3)8-11-16/h15H,4-11H2,1-3H3. The van der Waals surface area contributed by atoms with Crippen molar-refractivity contribution in [3.63, 3.8) is 0 Å². The first-order chi connectivity index (χ1) is 7.99. The third kappa shape index (κ3) is 2.49. The molecule has 3 nitrogen and oxygen atoms in total. The molecule has 2 heterocycles. The number of piperidine rings is 1. The number of nitrogens with one attached hydrogen (secondary N) is 1. The molecule has 17 heavy (non-hydrogen) atoms. The number of amides is 1. The first-order valence-electron chi connectivity index (χ1n) is 7.04. The lowest BCUT2D eigenvalue weighted by atomic mass is 9.81. The summed E-state index contributed by atoms with van der Waals surface area (Å²) in [4.78, 5) is 14.7. The quantitative estimate of drug-likeness (QED) is 0.799. The van der Waals surface area contributed by atoms with Crippen molar-refractivity contribution in [2.24, 2.45) is 5.41 Å². The van der Waals surface area contributed by atoms with Crippen molar-refractivity contribution in [1.29, 1.82) is 0 Å². The minimum Gasteiger partial charge on any atom is -0.341 e. The second-order valence-electron chi connectivity index (χ2n) is 6.42. The zero-order valence-corrected chi connectivity index (χ0v) is 11.5. The minimum absolute atomic E-state index is 0.235. The molecule has 2 rings (SSSR count). The summed E-state index contributed by atoms with van der Waals surface area (Å²) in [5, 5.41) is 3.45. The molecule has 3 heteroatoms. The molecule has 0 spiro atoms. The summed E-state index contributed by atoms with van der Waals surface area (Å²) in [6, 6.07) is 0. The predicted molar refractivity (Wildman–Crippen MR) is 69.9 cm³/mol. The van der Waals surface area contributed by atoms with Crippen molar-refractivity contribution in [1.82, 2.24) is 10.2 Å². The molecule has 1 unspecified atom stereocenters. The molecule has 2 aliphatic rings. The Balaban J connectivity index is 2.01. The van der Waals surface area contributed by atoms with E-state index < -0.39 is 0 Å².